The minimum Gasteiger partial charge on any atom is -0.353 e. The fraction of sp³-hybridized carbons (Fsp3) is 0.545. The Morgan fingerprint density at radius 3 is 3.12 bits per heavy atom. The number of aromatic amines is 1. The molecule has 1 aliphatic rings. The van der Waals surface area contributed by atoms with E-state index in [1.165, 1.54) is 18.9 Å². The van der Waals surface area contributed by atoms with E-state index in [1.54, 1.807) is 0 Å². The first-order chi connectivity index (χ1) is 7.79. The number of carbonyl (C=O) groups is 1. The van der Waals surface area contributed by atoms with Gasteiger partial charge in [-0.15, -0.1) is 0 Å². The Hall–Kier alpha value is -1.65. The molecule has 0 radical (unpaired) electrons. The number of hydrogen-bond acceptors (Lipinski definition) is 3. The lowest BCUT2D eigenvalue weighted by molar-refractivity contribution is -0.116. The molecule has 86 valence electrons. The van der Waals surface area contributed by atoms with Crippen LogP contribution in [0.3, 0.4) is 0 Å². The van der Waals surface area contributed by atoms with E-state index in [1.807, 2.05) is 0 Å². The number of H-pyrrole nitrogens is 1. The zero-order chi connectivity index (χ0) is 11.4. The van der Waals surface area contributed by atoms with E-state index >= 15 is 0 Å². The molecule has 0 aromatic carbocycles. The van der Waals surface area contributed by atoms with Gasteiger partial charge in [-0.05, 0) is 25.3 Å². The summed E-state index contributed by atoms with van der Waals surface area (Å²) >= 11 is 0. The molecule has 1 fully saturated rings. The van der Waals surface area contributed by atoms with Crippen molar-refractivity contribution in [3.05, 3.63) is 24.3 Å². The average Bonchev–Trinajstić information content (AvgIpc) is 3.05. The first-order valence-corrected chi connectivity index (χ1v) is 5.61. The topological polar surface area (TPSA) is 70.7 Å². The number of nitrogens with one attached hydrogen (secondary N) is 2. The number of nitrogens with zero attached hydrogens (tertiary/aromatic N) is 2. The summed E-state index contributed by atoms with van der Waals surface area (Å²) in [5.41, 5.74) is 0. The van der Waals surface area contributed by atoms with Crippen LogP contribution < -0.4 is 5.32 Å². The molecule has 1 amide bonds. The maximum absolute atomic E-state index is 10.9. The number of aromatic nitrogens is 3. The molecule has 0 bridgehead atoms. The molecule has 0 spiro atoms. The Balaban J connectivity index is 1.68. The van der Waals surface area contributed by atoms with Gasteiger partial charge in [0.05, 0.1) is 0 Å². The second-order valence-corrected chi connectivity index (χ2v) is 4.01. The van der Waals surface area contributed by atoms with E-state index < -0.39 is 0 Å². The van der Waals surface area contributed by atoms with Gasteiger partial charge in [0.1, 0.15) is 5.82 Å². The molecule has 1 aliphatic carbocycles. The third kappa shape index (κ3) is 2.92. The number of rotatable bonds is 6. The van der Waals surface area contributed by atoms with Crippen LogP contribution in [0.4, 0.5) is 0 Å². The predicted octanol–water partition coefficient (Wildman–Crippen LogP) is 0.917. The van der Waals surface area contributed by atoms with Gasteiger partial charge >= 0.3 is 0 Å². The van der Waals surface area contributed by atoms with E-state index in [-0.39, 0.29) is 5.91 Å². The van der Waals surface area contributed by atoms with E-state index in [4.69, 9.17) is 0 Å². The predicted molar refractivity (Wildman–Crippen MR) is 59.9 cm³/mol. The molecule has 1 aromatic heterocycles. The number of hydrogen-bond donors (Lipinski definition) is 2. The molecule has 1 aromatic rings. The van der Waals surface area contributed by atoms with E-state index in [0.717, 1.165) is 24.5 Å². The van der Waals surface area contributed by atoms with Crippen molar-refractivity contribution in [2.24, 2.45) is 0 Å². The molecule has 2 N–H and O–H groups in total. The highest BCUT2D eigenvalue weighted by atomic mass is 16.1. The number of carbonyl (C=O) groups excluding carboxylic acids is 1. The highest BCUT2D eigenvalue weighted by molar-refractivity contribution is 5.86. The fourth-order valence-corrected chi connectivity index (χ4v) is 1.49. The van der Waals surface area contributed by atoms with Gasteiger partial charge in [0.25, 0.3) is 0 Å². The Kier molecular flexibility index (Phi) is 3.34. The van der Waals surface area contributed by atoms with Gasteiger partial charge in [-0.25, -0.2) is 4.98 Å². The Morgan fingerprint density at radius 1 is 1.62 bits per heavy atom. The van der Waals surface area contributed by atoms with Crippen LogP contribution in [0.2, 0.25) is 0 Å². The normalized spacial score (nSPS) is 14.8. The highest BCUT2D eigenvalue weighted by Gasteiger charge is 2.27. The zero-order valence-electron chi connectivity index (χ0n) is 9.20. The van der Waals surface area contributed by atoms with Gasteiger partial charge in [-0.3, -0.25) is 9.89 Å². The van der Waals surface area contributed by atoms with Crippen LogP contribution >= 0.6 is 0 Å². The highest BCUT2D eigenvalue weighted by Crippen LogP contribution is 2.37. The molecule has 5 heteroatoms. The molecule has 1 saturated carbocycles. The molecular weight excluding hydrogens is 204 g/mol. The summed E-state index contributed by atoms with van der Waals surface area (Å²) in [6.45, 7) is 4.03. The first-order valence-electron chi connectivity index (χ1n) is 5.61. The smallest absolute Gasteiger partial charge is 0.243 e. The number of aryl methyl sites for hydroxylation is 1. The van der Waals surface area contributed by atoms with Crippen molar-refractivity contribution in [3.8, 4) is 0 Å². The fourth-order valence-electron chi connectivity index (χ4n) is 1.49. The van der Waals surface area contributed by atoms with Crippen LogP contribution in [-0.2, 0) is 11.2 Å². The van der Waals surface area contributed by atoms with Crippen LogP contribution in [0.1, 0.15) is 36.8 Å². The molecule has 0 unspecified atom stereocenters. The van der Waals surface area contributed by atoms with Crippen LogP contribution in [0.15, 0.2) is 12.7 Å². The molecule has 1 heterocycles. The van der Waals surface area contributed by atoms with Crippen molar-refractivity contribution in [1.29, 1.82) is 0 Å². The van der Waals surface area contributed by atoms with E-state index in [9.17, 15) is 4.79 Å². The van der Waals surface area contributed by atoms with Crippen LogP contribution in [-0.4, -0.2) is 27.6 Å². The standard InChI is InChI=1S/C11H16N4O/c1-2-10(16)12-7-3-4-9-13-11(15-14-9)8-5-6-8/h2,8H,1,3-7H2,(H,12,16)(H,13,14,15). The Bertz CT molecular complexity index is 381. The first kappa shape index (κ1) is 10.9. The average molecular weight is 220 g/mol. The second-order valence-electron chi connectivity index (χ2n) is 4.01. The number of amides is 1. The van der Waals surface area contributed by atoms with Gasteiger partial charge < -0.3 is 5.32 Å². The van der Waals surface area contributed by atoms with Crippen LogP contribution in [0.25, 0.3) is 0 Å². The summed E-state index contributed by atoms with van der Waals surface area (Å²) in [5.74, 6) is 2.32. The van der Waals surface area contributed by atoms with E-state index in [0.29, 0.717) is 12.5 Å². The molecule has 0 aliphatic heterocycles. The SMILES string of the molecule is C=CC(=O)NCCCc1nc(C2CC2)n[nH]1. The summed E-state index contributed by atoms with van der Waals surface area (Å²) in [4.78, 5) is 15.3. The lowest BCUT2D eigenvalue weighted by Crippen LogP contribution is -2.22. The van der Waals surface area contributed by atoms with Gasteiger partial charge in [-0.1, -0.05) is 6.58 Å². The summed E-state index contributed by atoms with van der Waals surface area (Å²) in [6.07, 6.45) is 5.38. The van der Waals surface area contributed by atoms with Crippen molar-refractivity contribution in [2.75, 3.05) is 6.54 Å². The van der Waals surface area contributed by atoms with E-state index in [2.05, 4.69) is 27.1 Å². The third-order valence-electron chi connectivity index (χ3n) is 2.57. The Morgan fingerprint density at radius 2 is 2.44 bits per heavy atom. The van der Waals surface area contributed by atoms with Gasteiger partial charge in [0.2, 0.25) is 5.91 Å². The van der Waals surface area contributed by atoms with Crippen molar-refractivity contribution in [1.82, 2.24) is 20.5 Å². The van der Waals surface area contributed by atoms with Gasteiger partial charge in [0.15, 0.2) is 5.82 Å². The monoisotopic (exact) mass is 220 g/mol. The van der Waals surface area contributed by atoms with Crippen molar-refractivity contribution in [3.63, 3.8) is 0 Å². The molecular formula is C11H16N4O. The molecule has 0 atom stereocenters. The summed E-state index contributed by atoms with van der Waals surface area (Å²) < 4.78 is 0. The minimum atomic E-state index is -0.128. The zero-order valence-corrected chi connectivity index (χ0v) is 9.20. The van der Waals surface area contributed by atoms with Crippen molar-refractivity contribution < 1.29 is 4.79 Å². The van der Waals surface area contributed by atoms with Crippen molar-refractivity contribution >= 4 is 5.91 Å². The lowest BCUT2D eigenvalue weighted by Gasteiger charge is -1.99. The molecule has 5 nitrogen and oxygen atoms in total. The summed E-state index contributed by atoms with van der Waals surface area (Å²) in [5, 5.41) is 9.83. The Labute approximate surface area is 94.3 Å². The van der Waals surface area contributed by atoms with Gasteiger partial charge in [0, 0.05) is 18.9 Å². The lowest BCUT2D eigenvalue weighted by atomic mass is 10.3. The van der Waals surface area contributed by atoms with Crippen molar-refractivity contribution in [2.45, 2.75) is 31.6 Å². The largest absolute Gasteiger partial charge is 0.353 e. The summed E-state index contributed by atoms with van der Waals surface area (Å²) in [6, 6.07) is 0. The third-order valence-corrected chi connectivity index (χ3v) is 2.57. The maximum Gasteiger partial charge on any atom is 0.243 e. The van der Waals surface area contributed by atoms with Gasteiger partial charge in [-0.2, -0.15) is 5.10 Å². The quantitative estimate of drug-likeness (QED) is 0.553. The molecule has 0 saturated heterocycles. The van der Waals surface area contributed by atoms with Crippen LogP contribution in [0.5, 0.6) is 0 Å². The molecule has 2 rings (SSSR count). The maximum atomic E-state index is 10.9. The second kappa shape index (κ2) is 4.92. The van der Waals surface area contributed by atoms with Crippen LogP contribution in [0, 0.1) is 0 Å². The summed E-state index contributed by atoms with van der Waals surface area (Å²) in [7, 11) is 0. The molecule has 16 heavy (non-hydrogen) atoms. The minimum absolute atomic E-state index is 0.128.